The molecule has 2 aliphatic rings. The van der Waals surface area contributed by atoms with Gasteiger partial charge in [0.05, 0.1) is 42.2 Å². The van der Waals surface area contributed by atoms with Crippen molar-refractivity contribution < 1.29 is 4.74 Å². The Kier molecular flexibility index (Phi) is 5.04. The molecule has 10 heteroatoms. The maximum absolute atomic E-state index is 8.99. The van der Waals surface area contributed by atoms with Gasteiger partial charge in [0.25, 0.3) is 0 Å². The first-order chi connectivity index (χ1) is 14.8. The zero-order chi connectivity index (χ0) is 20.3. The minimum Gasteiger partial charge on any atom is -0.379 e. The number of fused-ring (bicyclic) bond motifs is 1. The molecule has 2 fully saturated rings. The van der Waals surface area contributed by atoms with Crippen molar-refractivity contribution in [3.05, 3.63) is 30.0 Å². The summed E-state index contributed by atoms with van der Waals surface area (Å²) in [5, 5.41) is 21.9. The Morgan fingerprint density at radius 1 is 1.33 bits per heavy atom. The van der Waals surface area contributed by atoms with Crippen molar-refractivity contribution in [1.29, 1.82) is 5.26 Å². The summed E-state index contributed by atoms with van der Waals surface area (Å²) >= 11 is 0. The van der Waals surface area contributed by atoms with E-state index in [4.69, 9.17) is 15.0 Å². The van der Waals surface area contributed by atoms with Gasteiger partial charge in [0.1, 0.15) is 5.69 Å². The van der Waals surface area contributed by atoms with Gasteiger partial charge in [-0.15, -0.1) is 0 Å². The summed E-state index contributed by atoms with van der Waals surface area (Å²) in [4.78, 5) is 15.0. The van der Waals surface area contributed by atoms with Gasteiger partial charge in [-0.2, -0.15) is 10.4 Å². The van der Waals surface area contributed by atoms with E-state index in [1.807, 2.05) is 12.3 Å². The minimum atomic E-state index is 0.278. The van der Waals surface area contributed by atoms with Gasteiger partial charge in [-0.3, -0.25) is 15.3 Å². The third kappa shape index (κ3) is 4.12. The van der Waals surface area contributed by atoms with E-state index in [1.165, 1.54) is 5.56 Å². The van der Waals surface area contributed by atoms with Crippen LogP contribution in [0.15, 0.2) is 29.4 Å². The van der Waals surface area contributed by atoms with Crippen molar-refractivity contribution in [1.82, 2.24) is 30.4 Å². The van der Waals surface area contributed by atoms with Crippen molar-refractivity contribution in [2.45, 2.75) is 25.4 Å². The van der Waals surface area contributed by atoms with Crippen LogP contribution in [0.1, 0.15) is 18.4 Å². The number of morpholine rings is 1. The number of hydrogen-bond acceptors (Lipinski definition) is 6. The van der Waals surface area contributed by atoms with E-state index in [-0.39, 0.29) is 6.04 Å². The highest BCUT2D eigenvalue weighted by atomic mass is 16.5. The number of aliphatic imine (C=N–C) groups is 1. The maximum Gasteiger partial charge on any atom is 0.209 e. The molecule has 5 rings (SSSR count). The summed E-state index contributed by atoms with van der Waals surface area (Å²) < 4.78 is 5.43. The molecule has 0 unspecified atom stereocenters. The van der Waals surface area contributed by atoms with Crippen LogP contribution in [0.4, 0.5) is 5.69 Å². The first-order valence-corrected chi connectivity index (χ1v) is 10.1. The second-order valence-corrected chi connectivity index (χ2v) is 7.55. The van der Waals surface area contributed by atoms with E-state index >= 15 is 0 Å². The minimum absolute atomic E-state index is 0.278. The average molecular weight is 405 g/mol. The number of aromatic amines is 2. The summed E-state index contributed by atoms with van der Waals surface area (Å²) in [6.07, 6.45) is 5.68. The van der Waals surface area contributed by atoms with Gasteiger partial charge < -0.3 is 15.0 Å². The molecule has 3 aromatic rings. The SMILES string of the molecule is N#CNC(=NC1CC1)Nc1cn[nH]c1-c1nc2ccc(CN3CCOCC3)cc2[nH]1. The van der Waals surface area contributed by atoms with Crippen LogP contribution in [0.5, 0.6) is 0 Å². The highest BCUT2D eigenvalue weighted by Crippen LogP contribution is 2.27. The quantitative estimate of drug-likeness (QED) is 0.220. The zero-order valence-electron chi connectivity index (χ0n) is 16.5. The molecule has 1 saturated carbocycles. The largest absolute Gasteiger partial charge is 0.379 e. The van der Waals surface area contributed by atoms with Crippen LogP contribution in [0, 0.1) is 11.5 Å². The van der Waals surface area contributed by atoms with Crippen LogP contribution in [-0.4, -0.2) is 63.4 Å². The molecule has 154 valence electrons. The van der Waals surface area contributed by atoms with Crippen molar-refractivity contribution >= 4 is 22.7 Å². The van der Waals surface area contributed by atoms with Gasteiger partial charge in [0.2, 0.25) is 5.96 Å². The van der Waals surface area contributed by atoms with Crippen molar-refractivity contribution in [3.63, 3.8) is 0 Å². The molecule has 30 heavy (non-hydrogen) atoms. The van der Waals surface area contributed by atoms with E-state index in [0.29, 0.717) is 23.2 Å². The number of aromatic nitrogens is 4. The molecular weight excluding hydrogens is 382 g/mol. The van der Waals surface area contributed by atoms with Crippen LogP contribution < -0.4 is 10.6 Å². The molecule has 0 radical (unpaired) electrons. The fourth-order valence-corrected chi connectivity index (χ4v) is 3.51. The molecule has 1 aliphatic heterocycles. The molecule has 1 saturated heterocycles. The van der Waals surface area contributed by atoms with Gasteiger partial charge in [-0.1, -0.05) is 6.07 Å². The number of H-pyrrole nitrogens is 2. The van der Waals surface area contributed by atoms with E-state index in [9.17, 15) is 0 Å². The topological polar surface area (TPSA) is 130 Å². The molecule has 0 bridgehead atoms. The van der Waals surface area contributed by atoms with Crippen LogP contribution in [0.2, 0.25) is 0 Å². The number of hydrogen-bond donors (Lipinski definition) is 4. The molecule has 0 atom stereocenters. The predicted molar refractivity (Wildman–Crippen MR) is 113 cm³/mol. The van der Waals surface area contributed by atoms with Crippen molar-refractivity contribution in [2.75, 3.05) is 31.6 Å². The van der Waals surface area contributed by atoms with Gasteiger partial charge in [-0.05, 0) is 30.5 Å². The Morgan fingerprint density at radius 2 is 2.20 bits per heavy atom. The molecule has 0 spiro atoms. The first-order valence-electron chi connectivity index (χ1n) is 10.1. The van der Waals surface area contributed by atoms with E-state index in [1.54, 1.807) is 6.20 Å². The number of ether oxygens (including phenoxy) is 1. The van der Waals surface area contributed by atoms with E-state index in [2.05, 4.69) is 47.8 Å². The lowest BCUT2D eigenvalue weighted by molar-refractivity contribution is 0.0342. The lowest BCUT2D eigenvalue weighted by atomic mass is 10.2. The van der Waals surface area contributed by atoms with Crippen molar-refractivity contribution in [2.24, 2.45) is 4.99 Å². The number of imidazole rings is 1. The fourth-order valence-electron chi connectivity index (χ4n) is 3.51. The average Bonchev–Trinajstić information content (AvgIpc) is 3.28. The Labute approximate surface area is 173 Å². The third-order valence-corrected chi connectivity index (χ3v) is 5.22. The fraction of sp³-hybridized carbons (Fsp3) is 0.400. The Bertz CT molecular complexity index is 1100. The van der Waals surface area contributed by atoms with Crippen LogP contribution >= 0.6 is 0 Å². The van der Waals surface area contributed by atoms with Crippen LogP contribution in [0.3, 0.4) is 0 Å². The smallest absolute Gasteiger partial charge is 0.209 e. The summed E-state index contributed by atoms with van der Waals surface area (Å²) in [6.45, 7) is 4.39. The lowest BCUT2D eigenvalue weighted by Crippen LogP contribution is -2.35. The maximum atomic E-state index is 8.99. The number of benzene rings is 1. The van der Waals surface area contributed by atoms with Crippen molar-refractivity contribution in [3.8, 4) is 17.7 Å². The third-order valence-electron chi connectivity index (χ3n) is 5.22. The highest BCUT2D eigenvalue weighted by molar-refractivity contribution is 5.97. The number of nitrogens with one attached hydrogen (secondary N) is 4. The number of nitriles is 1. The second kappa shape index (κ2) is 8.14. The van der Waals surface area contributed by atoms with Gasteiger partial charge in [0.15, 0.2) is 12.0 Å². The van der Waals surface area contributed by atoms with Crippen LogP contribution in [-0.2, 0) is 11.3 Å². The summed E-state index contributed by atoms with van der Waals surface area (Å²) in [6, 6.07) is 6.57. The van der Waals surface area contributed by atoms with E-state index < -0.39 is 0 Å². The number of guanidine groups is 1. The molecular formula is C20H23N9O. The van der Waals surface area contributed by atoms with E-state index in [0.717, 1.165) is 56.7 Å². The standard InChI is InChI=1S/C20H23N9O/c21-12-22-20(24-14-2-3-14)27-17-10-23-28-18(17)19-25-15-4-1-13(9-16(15)26-19)11-29-5-7-30-8-6-29/h1,4,9-10,14H,2-3,5-8,11H2,(H,23,28)(H,25,26)(H2,22,24,27). The molecule has 1 aliphatic carbocycles. The Hall–Kier alpha value is -3.42. The highest BCUT2D eigenvalue weighted by Gasteiger charge is 2.22. The van der Waals surface area contributed by atoms with Crippen LogP contribution in [0.25, 0.3) is 22.6 Å². The van der Waals surface area contributed by atoms with Gasteiger partial charge in [-0.25, -0.2) is 9.98 Å². The molecule has 10 nitrogen and oxygen atoms in total. The van der Waals surface area contributed by atoms with Gasteiger partial charge >= 0.3 is 0 Å². The molecule has 2 aromatic heterocycles. The lowest BCUT2D eigenvalue weighted by Gasteiger charge is -2.26. The predicted octanol–water partition coefficient (Wildman–Crippen LogP) is 1.79. The normalized spacial score (nSPS) is 17.8. The number of rotatable bonds is 5. The summed E-state index contributed by atoms with van der Waals surface area (Å²) in [5.41, 5.74) is 4.50. The molecule has 3 heterocycles. The molecule has 0 amide bonds. The second-order valence-electron chi connectivity index (χ2n) is 7.55. The summed E-state index contributed by atoms with van der Waals surface area (Å²) in [7, 11) is 0. The Morgan fingerprint density at radius 3 is 3.00 bits per heavy atom. The monoisotopic (exact) mass is 405 g/mol. The Balaban J connectivity index is 1.37. The molecule has 4 N–H and O–H groups in total. The van der Waals surface area contributed by atoms with Gasteiger partial charge in [0, 0.05) is 19.6 Å². The first kappa shape index (κ1) is 18.6. The molecule has 1 aromatic carbocycles. The zero-order valence-corrected chi connectivity index (χ0v) is 16.5. The summed E-state index contributed by atoms with van der Waals surface area (Å²) in [5.74, 6) is 1.10. The number of anilines is 1. The number of nitrogens with zero attached hydrogens (tertiary/aromatic N) is 5.